The van der Waals surface area contributed by atoms with Gasteiger partial charge in [-0.05, 0) is 48.4 Å². The second kappa shape index (κ2) is 9.94. The fourth-order valence-corrected chi connectivity index (χ4v) is 3.62. The molecule has 0 fully saturated rings. The van der Waals surface area contributed by atoms with Gasteiger partial charge in [-0.15, -0.1) is 0 Å². The highest BCUT2D eigenvalue weighted by atomic mass is 32.2. The van der Waals surface area contributed by atoms with Gasteiger partial charge >= 0.3 is 5.63 Å². The van der Waals surface area contributed by atoms with Crippen molar-refractivity contribution in [2.75, 3.05) is 0 Å². The van der Waals surface area contributed by atoms with E-state index in [9.17, 15) is 17.8 Å². The molecule has 10 heteroatoms. The molecule has 0 aliphatic carbocycles. The minimum atomic E-state index is -2.26. The molecular weight excluding hydrogens is 466 g/mol. The molecule has 1 unspecified atom stereocenters. The van der Waals surface area contributed by atoms with E-state index in [2.05, 4.69) is 9.71 Å². The van der Waals surface area contributed by atoms with Crippen molar-refractivity contribution in [3.05, 3.63) is 105 Å². The van der Waals surface area contributed by atoms with E-state index in [4.69, 9.17) is 13.7 Å². The molecule has 0 spiro atoms. The van der Waals surface area contributed by atoms with Gasteiger partial charge in [0.1, 0.15) is 17.1 Å². The topological polar surface area (TPSA) is 102 Å². The average molecular weight is 484 g/mol. The molecule has 2 N–H and O–H groups in total. The van der Waals surface area contributed by atoms with Crippen LogP contribution in [-0.2, 0) is 17.7 Å². The maximum absolute atomic E-state index is 14.9. The van der Waals surface area contributed by atoms with Crippen molar-refractivity contribution in [3.8, 4) is 11.6 Å². The van der Waals surface area contributed by atoms with Crippen LogP contribution in [0.25, 0.3) is 17.0 Å². The third kappa shape index (κ3) is 5.03. The lowest BCUT2D eigenvalue weighted by Crippen LogP contribution is -2.12. The molecule has 7 nitrogen and oxygen atoms in total. The number of hydrogen-bond donors (Lipinski definition) is 2. The summed E-state index contributed by atoms with van der Waals surface area (Å²) in [7, 11) is 0. The summed E-state index contributed by atoms with van der Waals surface area (Å²) in [6, 6.07) is 12.0. The summed E-state index contributed by atoms with van der Waals surface area (Å²) in [5, 5.41) is 0.620. The minimum Gasteiger partial charge on any atom is -0.436 e. The number of halogens is 2. The van der Waals surface area contributed by atoms with E-state index >= 15 is 0 Å². The zero-order valence-electron chi connectivity index (χ0n) is 17.7. The summed E-state index contributed by atoms with van der Waals surface area (Å²) >= 11 is -2.26. The van der Waals surface area contributed by atoms with Gasteiger partial charge in [-0.3, -0.25) is 9.27 Å². The van der Waals surface area contributed by atoms with Crippen LogP contribution in [0.4, 0.5) is 8.78 Å². The molecule has 1 atom stereocenters. The minimum absolute atomic E-state index is 0.0195. The zero-order valence-corrected chi connectivity index (χ0v) is 18.6. The van der Waals surface area contributed by atoms with E-state index in [1.54, 1.807) is 31.2 Å². The molecule has 0 saturated carbocycles. The summed E-state index contributed by atoms with van der Waals surface area (Å²) in [4.78, 5) is 16.6. The molecule has 0 amide bonds. The van der Waals surface area contributed by atoms with Crippen molar-refractivity contribution in [2.45, 2.75) is 13.3 Å². The highest BCUT2D eigenvalue weighted by molar-refractivity contribution is 7.77. The Morgan fingerprint density at radius 1 is 1.21 bits per heavy atom. The van der Waals surface area contributed by atoms with E-state index in [1.807, 2.05) is 0 Å². The number of benzene rings is 2. The van der Waals surface area contributed by atoms with E-state index in [0.29, 0.717) is 10.9 Å². The summed E-state index contributed by atoms with van der Waals surface area (Å²) in [5.41, 5.74) is 0.935. The fraction of sp³-hybridized carbons (Fsp3) is 0.0833. The zero-order chi connectivity index (χ0) is 24.2. The van der Waals surface area contributed by atoms with Crippen molar-refractivity contribution < 1.29 is 26.7 Å². The van der Waals surface area contributed by atoms with Crippen molar-refractivity contribution in [2.24, 2.45) is 0 Å². The fourth-order valence-electron chi connectivity index (χ4n) is 3.44. The van der Waals surface area contributed by atoms with E-state index in [1.165, 1.54) is 36.5 Å². The van der Waals surface area contributed by atoms with Gasteiger partial charge in [0, 0.05) is 41.4 Å². The highest BCUT2D eigenvalue weighted by Gasteiger charge is 2.16. The van der Waals surface area contributed by atoms with Gasteiger partial charge in [0.15, 0.2) is 5.82 Å². The SMILES string of the molecule is Cc1c(Cc2cccc(C=CNS(=O)O)c2F)c(=O)oc2cc(Oc3ncccc3F)ccc12. The molecule has 2 heterocycles. The lowest BCUT2D eigenvalue weighted by atomic mass is 9.98. The maximum Gasteiger partial charge on any atom is 0.340 e. The molecular formula is C24H18F2N2O5S. The molecule has 0 saturated heterocycles. The predicted octanol–water partition coefficient (Wildman–Crippen LogP) is 4.85. The third-order valence-corrected chi connectivity index (χ3v) is 5.44. The first-order valence-corrected chi connectivity index (χ1v) is 11.1. The number of nitrogens with one attached hydrogen (secondary N) is 1. The molecule has 0 bridgehead atoms. The normalized spacial score (nSPS) is 12.2. The molecule has 34 heavy (non-hydrogen) atoms. The Balaban J connectivity index is 1.66. The van der Waals surface area contributed by atoms with Crippen LogP contribution in [0.2, 0.25) is 0 Å². The van der Waals surface area contributed by atoms with E-state index in [0.717, 1.165) is 6.20 Å². The molecule has 0 aliphatic rings. The summed E-state index contributed by atoms with van der Waals surface area (Å²) in [6.07, 6.45) is 3.84. The number of nitrogens with zero attached hydrogens (tertiary/aromatic N) is 1. The molecule has 0 aliphatic heterocycles. The lowest BCUT2D eigenvalue weighted by Gasteiger charge is -2.11. The second-order valence-corrected chi connectivity index (χ2v) is 7.97. The Labute approximate surface area is 195 Å². The Morgan fingerprint density at radius 2 is 2.03 bits per heavy atom. The van der Waals surface area contributed by atoms with Crippen molar-refractivity contribution in [1.82, 2.24) is 9.71 Å². The van der Waals surface area contributed by atoms with Gasteiger partial charge in [-0.2, -0.15) is 0 Å². The number of fused-ring (bicyclic) bond motifs is 1. The van der Waals surface area contributed by atoms with Crippen LogP contribution in [-0.4, -0.2) is 13.7 Å². The number of aryl methyl sites for hydroxylation is 1. The first kappa shape index (κ1) is 23.3. The van der Waals surface area contributed by atoms with Crippen LogP contribution < -0.4 is 15.1 Å². The number of ether oxygens (including phenoxy) is 1. The number of pyridine rings is 1. The second-order valence-electron chi connectivity index (χ2n) is 7.24. The van der Waals surface area contributed by atoms with Crippen LogP contribution in [0.15, 0.2) is 70.1 Å². The van der Waals surface area contributed by atoms with Crippen LogP contribution in [0.1, 0.15) is 22.3 Å². The Kier molecular flexibility index (Phi) is 6.80. The largest absolute Gasteiger partial charge is 0.436 e. The number of hydrogen-bond acceptors (Lipinski definition) is 5. The predicted molar refractivity (Wildman–Crippen MR) is 124 cm³/mol. The summed E-state index contributed by atoms with van der Waals surface area (Å²) < 4.78 is 61.2. The van der Waals surface area contributed by atoms with Gasteiger partial charge in [-0.25, -0.2) is 22.8 Å². The van der Waals surface area contributed by atoms with Crippen molar-refractivity contribution >= 4 is 28.3 Å². The Bertz CT molecular complexity index is 1490. The first-order valence-electron chi connectivity index (χ1n) is 9.99. The van der Waals surface area contributed by atoms with E-state index < -0.39 is 28.5 Å². The van der Waals surface area contributed by atoms with Crippen LogP contribution in [0, 0.1) is 18.6 Å². The van der Waals surface area contributed by atoms with Crippen molar-refractivity contribution in [1.29, 1.82) is 0 Å². The van der Waals surface area contributed by atoms with E-state index in [-0.39, 0.29) is 40.3 Å². The van der Waals surface area contributed by atoms with Gasteiger partial charge in [-0.1, -0.05) is 18.2 Å². The number of aromatic nitrogens is 1. The summed E-state index contributed by atoms with van der Waals surface area (Å²) in [5.74, 6) is -1.16. The van der Waals surface area contributed by atoms with Crippen LogP contribution in [0.3, 0.4) is 0 Å². The van der Waals surface area contributed by atoms with Crippen LogP contribution in [0.5, 0.6) is 11.6 Å². The monoisotopic (exact) mass is 484 g/mol. The Morgan fingerprint density at radius 3 is 2.79 bits per heavy atom. The van der Waals surface area contributed by atoms with Gasteiger partial charge in [0.25, 0.3) is 17.1 Å². The standard InChI is InChI=1S/C24H18F2N2O5S/c1-14-18-8-7-17(32-23-20(25)6-3-10-27-23)13-21(18)33-24(29)19(14)12-16-5-2-4-15(22(16)26)9-11-28-34(30)31/h2-11,13,28H,12H2,1H3,(H,30,31). The molecule has 2 aromatic heterocycles. The molecule has 174 valence electrons. The number of rotatable bonds is 7. The molecule has 4 rings (SSSR count). The Hall–Kier alpha value is -3.89. The highest BCUT2D eigenvalue weighted by Crippen LogP contribution is 2.29. The maximum atomic E-state index is 14.9. The third-order valence-electron chi connectivity index (χ3n) is 5.11. The molecule has 4 aromatic rings. The van der Waals surface area contributed by atoms with Crippen LogP contribution >= 0.6 is 0 Å². The lowest BCUT2D eigenvalue weighted by molar-refractivity contribution is 0.422. The molecule has 2 aromatic carbocycles. The molecule has 0 radical (unpaired) electrons. The summed E-state index contributed by atoms with van der Waals surface area (Å²) in [6.45, 7) is 1.73. The smallest absolute Gasteiger partial charge is 0.340 e. The first-order chi connectivity index (χ1) is 16.3. The van der Waals surface area contributed by atoms with Gasteiger partial charge in [0.2, 0.25) is 0 Å². The van der Waals surface area contributed by atoms with Gasteiger partial charge in [0.05, 0.1) is 0 Å². The average Bonchev–Trinajstić information content (AvgIpc) is 2.80. The quantitative estimate of drug-likeness (QED) is 0.287. The van der Waals surface area contributed by atoms with Gasteiger partial charge < -0.3 is 9.15 Å². The van der Waals surface area contributed by atoms with Crippen molar-refractivity contribution in [3.63, 3.8) is 0 Å².